The van der Waals surface area contributed by atoms with Crippen LogP contribution in [0, 0.1) is 0 Å². The van der Waals surface area contributed by atoms with Crippen molar-refractivity contribution in [3.63, 3.8) is 0 Å². The highest BCUT2D eigenvalue weighted by Crippen LogP contribution is 2.13. The van der Waals surface area contributed by atoms with E-state index in [4.69, 9.17) is 0 Å². The number of carbonyl (C=O) groups excluding carboxylic acids is 1. The number of likely N-dealkylation sites (tertiary alicyclic amines) is 1. The normalized spacial score (nSPS) is 29.2. The van der Waals surface area contributed by atoms with Crippen molar-refractivity contribution in [2.75, 3.05) is 33.2 Å². The molecule has 2 rings (SSSR count). The third kappa shape index (κ3) is 4.14. The first-order valence-corrected chi connectivity index (χ1v) is 7.21. The smallest absolute Gasteiger partial charge is 0.314 e. The molecule has 2 unspecified atom stereocenters. The summed E-state index contributed by atoms with van der Waals surface area (Å²) in [6.45, 7) is 3.74. The highest BCUT2D eigenvalue weighted by Gasteiger charge is 2.21. The SMILES string of the molecule is CN1CCCC1CNC(=O)NCC1CCCCN1. The highest BCUT2D eigenvalue weighted by atomic mass is 16.2. The molecule has 2 fully saturated rings. The van der Waals surface area contributed by atoms with Gasteiger partial charge in [-0.2, -0.15) is 0 Å². The summed E-state index contributed by atoms with van der Waals surface area (Å²) in [6, 6.07) is 0.949. The van der Waals surface area contributed by atoms with Crippen LogP contribution >= 0.6 is 0 Å². The van der Waals surface area contributed by atoms with Gasteiger partial charge in [-0.1, -0.05) is 6.42 Å². The predicted octanol–water partition coefficient (Wildman–Crippen LogP) is 0.522. The molecule has 104 valence electrons. The van der Waals surface area contributed by atoms with Crippen LogP contribution in [-0.2, 0) is 0 Å². The maximum absolute atomic E-state index is 11.7. The second-order valence-electron chi connectivity index (χ2n) is 5.51. The van der Waals surface area contributed by atoms with Crippen molar-refractivity contribution in [3.05, 3.63) is 0 Å². The monoisotopic (exact) mass is 254 g/mol. The second-order valence-corrected chi connectivity index (χ2v) is 5.51. The Morgan fingerprint density at radius 3 is 2.72 bits per heavy atom. The number of nitrogens with one attached hydrogen (secondary N) is 3. The lowest BCUT2D eigenvalue weighted by molar-refractivity contribution is 0.232. The third-order valence-electron chi connectivity index (χ3n) is 4.09. The quantitative estimate of drug-likeness (QED) is 0.685. The van der Waals surface area contributed by atoms with Gasteiger partial charge in [-0.15, -0.1) is 0 Å². The van der Waals surface area contributed by atoms with Crippen LogP contribution in [0.5, 0.6) is 0 Å². The summed E-state index contributed by atoms with van der Waals surface area (Å²) in [5.41, 5.74) is 0. The molecule has 2 heterocycles. The van der Waals surface area contributed by atoms with Gasteiger partial charge in [0.2, 0.25) is 0 Å². The lowest BCUT2D eigenvalue weighted by atomic mass is 10.1. The molecule has 2 atom stereocenters. The summed E-state index contributed by atoms with van der Waals surface area (Å²) in [5, 5.41) is 9.36. The molecule has 2 saturated heterocycles. The molecule has 0 aromatic carbocycles. The molecule has 2 aliphatic heterocycles. The van der Waals surface area contributed by atoms with Gasteiger partial charge < -0.3 is 20.9 Å². The van der Waals surface area contributed by atoms with Crippen molar-refractivity contribution in [2.45, 2.75) is 44.2 Å². The van der Waals surface area contributed by atoms with Crippen LogP contribution in [-0.4, -0.2) is 56.2 Å². The van der Waals surface area contributed by atoms with Gasteiger partial charge in [0.15, 0.2) is 0 Å². The van der Waals surface area contributed by atoms with Crippen molar-refractivity contribution in [2.24, 2.45) is 0 Å². The van der Waals surface area contributed by atoms with Crippen LogP contribution in [0.4, 0.5) is 4.79 Å². The molecule has 5 nitrogen and oxygen atoms in total. The van der Waals surface area contributed by atoms with E-state index in [2.05, 4.69) is 27.9 Å². The molecule has 0 aliphatic carbocycles. The van der Waals surface area contributed by atoms with E-state index in [1.165, 1.54) is 32.1 Å². The topological polar surface area (TPSA) is 56.4 Å². The minimum absolute atomic E-state index is 0.0253. The highest BCUT2D eigenvalue weighted by molar-refractivity contribution is 5.73. The van der Waals surface area contributed by atoms with Crippen LogP contribution in [0.1, 0.15) is 32.1 Å². The summed E-state index contributed by atoms with van der Waals surface area (Å²) >= 11 is 0. The molecular weight excluding hydrogens is 228 g/mol. The van der Waals surface area contributed by atoms with Gasteiger partial charge in [-0.05, 0) is 45.8 Å². The van der Waals surface area contributed by atoms with Crippen LogP contribution in [0.15, 0.2) is 0 Å². The minimum atomic E-state index is -0.0253. The number of piperidine rings is 1. The van der Waals surface area contributed by atoms with Crippen LogP contribution in [0.2, 0.25) is 0 Å². The zero-order chi connectivity index (χ0) is 12.8. The number of carbonyl (C=O) groups is 1. The molecule has 0 aromatic rings. The summed E-state index contributed by atoms with van der Waals surface area (Å²) in [7, 11) is 2.13. The predicted molar refractivity (Wildman–Crippen MR) is 72.7 cm³/mol. The standard InChI is InChI=1S/C13H26N4O/c1-17-8-4-6-12(17)10-16-13(18)15-9-11-5-2-3-7-14-11/h11-12,14H,2-10H2,1H3,(H2,15,16,18). The van der Waals surface area contributed by atoms with E-state index in [1.54, 1.807) is 0 Å². The number of amides is 2. The van der Waals surface area contributed by atoms with Gasteiger partial charge >= 0.3 is 6.03 Å². The first-order valence-electron chi connectivity index (χ1n) is 7.21. The number of hydrogen-bond donors (Lipinski definition) is 3. The number of hydrogen-bond acceptors (Lipinski definition) is 3. The fourth-order valence-corrected chi connectivity index (χ4v) is 2.82. The zero-order valence-corrected chi connectivity index (χ0v) is 11.4. The molecule has 18 heavy (non-hydrogen) atoms. The van der Waals surface area contributed by atoms with Crippen LogP contribution in [0.25, 0.3) is 0 Å². The van der Waals surface area contributed by atoms with E-state index >= 15 is 0 Å². The minimum Gasteiger partial charge on any atom is -0.337 e. The van der Waals surface area contributed by atoms with E-state index in [0.717, 1.165) is 26.2 Å². The molecule has 0 saturated carbocycles. The van der Waals surface area contributed by atoms with E-state index in [9.17, 15) is 4.79 Å². The maximum Gasteiger partial charge on any atom is 0.314 e. The molecule has 3 N–H and O–H groups in total. The number of rotatable bonds is 4. The van der Waals surface area contributed by atoms with Gasteiger partial charge in [0.25, 0.3) is 0 Å². The average molecular weight is 254 g/mol. The fraction of sp³-hybridized carbons (Fsp3) is 0.923. The Balaban J connectivity index is 1.57. The Morgan fingerprint density at radius 2 is 2.06 bits per heavy atom. The Labute approximate surface area is 110 Å². The van der Waals surface area contributed by atoms with Gasteiger partial charge in [0, 0.05) is 25.2 Å². The number of urea groups is 1. The molecule has 2 amide bonds. The molecule has 0 spiro atoms. The summed E-state index contributed by atoms with van der Waals surface area (Å²) in [4.78, 5) is 14.0. The second kappa shape index (κ2) is 6.95. The molecule has 0 aromatic heterocycles. The average Bonchev–Trinajstić information content (AvgIpc) is 2.81. The number of nitrogens with zero attached hydrogens (tertiary/aromatic N) is 1. The van der Waals surface area contributed by atoms with Gasteiger partial charge in [0.1, 0.15) is 0 Å². The van der Waals surface area contributed by atoms with E-state index < -0.39 is 0 Å². The largest absolute Gasteiger partial charge is 0.337 e. The lowest BCUT2D eigenvalue weighted by Gasteiger charge is -2.24. The van der Waals surface area contributed by atoms with Crippen molar-refractivity contribution < 1.29 is 4.79 Å². The van der Waals surface area contributed by atoms with Gasteiger partial charge in [0.05, 0.1) is 0 Å². The first-order chi connectivity index (χ1) is 8.75. The Hall–Kier alpha value is -0.810. The van der Waals surface area contributed by atoms with Crippen LogP contribution in [0.3, 0.4) is 0 Å². The Bertz CT molecular complexity index is 266. The number of likely N-dealkylation sites (N-methyl/N-ethyl adjacent to an activating group) is 1. The zero-order valence-electron chi connectivity index (χ0n) is 11.4. The fourth-order valence-electron chi connectivity index (χ4n) is 2.82. The van der Waals surface area contributed by atoms with Crippen molar-refractivity contribution in [3.8, 4) is 0 Å². The van der Waals surface area contributed by atoms with E-state index in [1.807, 2.05) is 0 Å². The molecule has 5 heteroatoms. The van der Waals surface area contributed by atoms with E-state index in [0.29, 0.717) is 12.1 Å². The Kier molecular flexibility index (Phi) is 5.26. The van der Waals surface area contributed by atoms with Gasteiger partial charge in [-0.3, -0.25) is 0 Å². The molecule has 0 bridgehead atoms. The van der Waals surface area contributed by atoms with Crippen molar-refractivity contribution >= 4 is 6.03 Å². The first kappa shape index (κ1) is 13.6. The summed E-state index contributed by atoms with van der Waals surface area (Å²) in [5.74, 6) is 0. The Morgan fingerprint density at radius 1 is 1.22 bits per heavy atom. The summed E-state index contributed by atoms with van der Waals surface area (Å²) < 4.78 is 0. The van der Waals surface area contributed by atoms with Crippen molar-refractivity contribution in [1.29, 1.82) is 0 Å². The molecule has 0 radical (unpaired) electrons. The van der Waals surface area contributed by atoms with E-state index in [-0.39, 0.29) is 6.03 Å². The van der Waals surface area contributed by atoms with Crippen LogP contribution < -0.4 is 16.0 Å². The molecular formula is C13H26N4O. The maximum atomic E-state index is 11.7. The lowest BCUT2D eigenvalue weighted by Crippen LogP contribution is -2.48. The molecule has 2 aliphatic rings. The third-order valence-corrected chi connectivity index (χ3v) is 4.09. The van der Waals surface area contributed by atoms with Gasteiger partial charge in [-0.25, -0.2) is 4.79 Å². The van der Waals surface area contributed by atoms with Crippen molar-refractivity contribution in [1.82, 2.24) is 20.9 Å². The summed E-state index contributed by atoms with van der Waals surface area (Å²) in [6.07, 6.45) is 6.15.